The summed E-state index contributed by atoms with van der Waals surface area (Å²) in [4.78, 5) is 16.6. The number of morpholine rings is 1. The summed E-state index contributed by atoms with van der Waals surface area (Å²) in [6, 6.07) is 7.87. The third-order valence-corrected chi connectivity index (χ3v) is 6.12. The molecule has 144 valence electrons. The van der Waals surface area contributed by atoms with Gasteiger partial charge in [-0.05, 0) is 35.9 Å². The molecular formula is C18H21N3O5S. The number of carbonyl (C=O) groups is 1. The molecule has 1 aliphatic rings. The minimum Gasteiger partial charge on any atom is -0.496 e. The Morgan fingerprint density at radius 2 is 1.93 bits per heavy atom. The lowest BCUT2D eigenvalue weighted by Crippen LogP contribution is -2.40. The van der Waals surface area contributed by atoms with Gasteiger partial charge in [-0.2, -0.15) is 4.31 Å². The molecule has 1 fully saturated rings. The van der Waals surface area contributed by atoms with E-state index < -0.39 is 15.9 Å². The summed E-state index contributed by atoms with van der Waals surface area (Å²) < 4.78 is 37.5. The molecule has 1 aromatic heterocycles. The summed E-state index contributed by atoms with van der Waals surface area (Å²) in [6.45, 7) is 1.59. The number of sulfonamides is 1. The van der Waals surface area contributed by atoms with Crippen LogP contribution in [-0.4, -0.2) is 57.0 Å². The first-order valence-electron chi connectivity index (χ1n) is 8.45. The molecule has 0 saturated carbocycles. The summed E-state index contributed by atoms with van der Waals surface area (Å²) in [5.74, 6) is -0.106. The molecule has 0 bridgehead atoms. The lowest BCUT2D eigenvalue weighted by Gasteiger charge is -2.26. The number of hydrogen-bond acceptors (Lipinski definition) is 6. The van der Waals surface area contributed by atoms with Gasteiger partial charge in [0.2, 0.25) is 10.0 Å². The smallest absolute Gasteiger partial charge is 0.255 e. The summed E-state index contributed by atoms with van der Waals surface area (Å²) in [5, 5.41) is 2.77. The maximum absolute atomic E-state index is 12.8. The van der Waals surface area contributed by atoms with E-state index in [1.54, 1.807) is 24.5 Å². The fraction of sp³-hybridized carbons (Fsp3) is 0.333. The zero-order valence-electron chi connectivity index (χ0n) is 14.9. The molecule has 0 atom stereocenters. The van der Waals surface area contributed by atoms with Gasteiger partial charge in [0, 0.05) is 32.0 Å². The van der Waals surface area contributed by atoms with Crippen LogP contribution in [0.25, 0.3) is 0 Å². The topological polar surface area (TPSA) is 97.8 Å². The predicted molar refractivity (Wildman–Crippen MR) is 98.0 cm³/mol. The van der Waals surface area contributed by atoms with E-state index in [1.807, 2.05) is 0 Å². The third-order valence-electron chi connectivity index (χ3n) is 4.23. The fourth-order valence-corrected chi connectivity index (χ4v) is 4.17. The average molecular weight is 391 g/mol. The third kappa shape index (κ3) is 4.44. The van der Waals surface area contributed by atoms with Crippen molar-refractivity contribution >= 4 is 15.9 Å². The number of amides is 1. The van der Waals surface area contributed by atoms with Crippen LogP contribution in [0.3, 0.4) is 0 Å². The van der Waals surface area contributed by atoms with E-state index in [0.29, 0.717) is 25.5 Å². The summed E-state index contributed by atoms with van der Waals surface area (Å²) in [5.41, 5.74) is 1.05. The highest BCUT2D eigenvalue weighted by molar-refractivity contribution is 7.89. The van der Waals surface area contributed by atoms with Gasteiger partial charge in [-0.1, -0.05) is 0 Å². The lowest BCUT2D eigenvalue weighted by molar-refractivity contribution is 0.0730. The van der Waals surface area contributed by atoms with Crippen LogP contribution in [-0.2, 0) is 21.3 Å². The zero-order chi connectivity index (χ0) is 19.3. The first kappa shape index (κ1) is 19.3. The molecule has 0 unspecified atom stereocenters. The molecule has 1 aromatic carbocycles. The second kappa shape index (κ2) is 8.47. The van der Waals surface area contributed by atoms with Gasteiger partial charge in [-0.3, -0.25) is 9.78 Å². The number of aromatic nitrogens is 1. The number of hydrogen-bond donors (Lipinski definition) is 1. The SMILES string of the molecule is COc1ccc(S(=O)(=O)N2CCOCC2)cc1C(=O)NCc1ccncc1. The van der Waals surface area contributed by atoms with E-state index in [-0.39, 0.29) is 23.5 Å². The van der Waals surface area contributed by atoms with Crippen molar-refractivity contribution in [2.24, 2.45) is 0 Å². The Morgan fingerprint density at radius 3 is 2.59 bits per heavy atom. The number of carbonyl (C=O) groups excluding carboxylic acids is 1. The number of nitrogens with zero attached hydrogens (tertiary/aromatic N) is 2. The largest absolute Gasteiger partial charge is 0.496 e. The van der Waals surface area contributed by atoms with E-state index in [0.717, 1.165) is 5.56 Å². The van der Waals surface area contributed by atoms with Gasteiger partial charge in [0.1, 0.15) is 5.75 Å². The van der Waals surface area contributed by atoms with Gasteiger partial charge in [-0.15, -0.1) is 0 Å². The van der Waals surface area contributed by atoms with Gasteiger partial charge in [0.15, 0.2) is 0 Å². The highest BCUT2D eigenvalue weighted by atomic mass is 32.2. The molecule has 27 heavy (non-hydrogen) atoms. The lowest BCUT2D eigenvalue weighted by atomic mass is 10.2. The molecule has 1 amide bonds. The van der Waals surface area contributed by atoms with Crippen LogP contribution >= 0.6 is 0 Å². The normalized spacial score (nSPS) is 15.3. The van der Waals surface area contributed by atoms with Crippen molar-refractivity contribution < 1.29 is 22.7 Å². The Labute approximate surface area is 158 Å². The summed E-state index contributed by atoms with van der Waals surface area (Å²) >= 11 is 0. The molecule has 1 saturated heterocycles. The van der Waals surface area contributed by atoms with E-state index >= 15 is 0 Å². The minimum absolute atomic E-state index is 0.0549. The Morgan fingerprint density at radius 1 is 1.22 bits per heavy atom. The monoisotopic (exact) mass is 391 g/mol. The molecule has 8 nitrogen and oxygen atoms in total. The van der Waals surface area contributed by atoms with Gasteiger partial charge < -0.3 is 14.8 Å². The summed E-state index contributed by atoms with van der Waals surface area (Å²) in [7, 11) is -2.26. The van der Waals surface area contributed by atoms with Crippen LogP contribution in [0, 0.1) is 0 Å². The molecule has 9 heteroatoms. The highest BCUT2D eigenvalue weighted by Gasteiger charge is 2.28. The Hall–Kier alpha value is -2.49. The molecular weight excluding hydrogens is 370 g/mol. The number of methoxy groups -OCH3 is 1. The van der Waals surface area contributed by atoms with Gasteiger partial charge in [-0.25, -0.2) is 8.42 Å². The standard InChI is InChI=1S/C18H21N3O5S/c1-25-17-3-2-15(27(23,24)21-8-10-26-11-9-21)12-16(17)18(22)20-13-14-4-6-19-7-5-14/h2-7,12H,8-11,13H2,1H3,(H,20,22). The Balaban J connectivity index is 1.83. The van der Waals surface area contributed by atoms with Gasteiger partial charge >= 0.3 is 0 Å². The molecule has 1 N–H and O–H groups in total. The maximum atomic E-state index is 12.8. The first-order valence-corrected chi connectivity index (χ1v) is 9.89. The van der Waals surface area contributed by atoms with Crippen molar-refractivity contribution in [3.05, 3.63) is 53.9 Å². The van der Waals surface area contributed by atoms with Gasteiger partial charge in [0.25, 0.3) is 5.91 Å². The second-order valence-corrected chi connectivity index (χ2v) is 7.85. The fourth-order valence-electron chi connectivity index (χ4n) is 2.74. The average Bonchev–Trinajstić information content (AvgIpc) is 2.73. The number of ether oxygens (including phenoxy) is 2. The van der Waals surface area contributed by atoms with Crippen molar-refractivity contribution in [3.8, 4) is 5.75 Å². The van der Waals surface area contributed by atoms with Crippen molar-refractivity contribution in [2.75, 3.05) is 33.4 Å². The van der Waals surface area contributed by atoms with Crippen molar-refractivity contribution in [3.63, 3.8) is 0 Å². The Bertz CT molecular complexity index is 896. The van der Waals surface area contributed by atoms with E-state index in [1.165, 1.54) is 29.6 Å². The molecule has 1 aliphatic heterocycles. The predicted octanol–water partition coefficient (Wildman–Crippen LogP) is 1.04. The minimum atomic E-state index is -3.70. The quantitative estimate of drug-likeness (QED) is 0.790. The molecule has 0 radical (unpaired) electrons. The highest BCUT2D eigenvalue weighted by Crippen LogP contribution is 2.25. The molecule has 0 spiro atoms. The van der Waals surface area contributed by atoms with E-state index in [9.17, 15) is 13.2 Å². The van der Waals surface area contributed by atoms with Crippen molar-refractivity contribution in [1.82, 2.24) is 14.6 Å². The van der Waals surface area contributed by atoms with Crippen LogP contribution in [0.1, 0.15) is 15.9 Å². The van der Waals surface area contributed by atoms with Gasteiger partial charge in [0.05, 0.1) is 30.8 Å². The second-order valence-electron chi connectivity index (χ2n) is 5.92. The molecule has 0 aliphatic carbocycles. The van der Waals surface area contributed by atoms with Crippen LogP contribution in [0.2, 0.25) is 0 Å². The van der Waals surface area contributed by atoms with E-state index in [2.05, 4.69) is 10.3 Å². The van der Waals surface area contributed by atoms with Crippen molar-refractivity contribution in [2.45, 2.75) is 11.4 Å². The van der Waals surface area contributed by atoms with Crippen LogP contribution < -0.4 is 10.1 Å². The number of benzene rings is 1. The summed E-state index contributed by atoms with van der Waals surface area (Å²) in [6.07, 6.45) is 3.27. The van der Waals surface area contributed by atoms with Crippen LogP contribution in [0.15, 0.2) is 47.6 Å². The zero-order valence-corrected chi connectivity index (χ0v) is 15.7. The van der Waals surface area contributed by atoms with Crippen LogP contribution in [0.4, 0.5) is 0 Å². The Kier molecular flexibility index (Phi) is 6.04. The molecule has 2 heterocycles. The first-order chi connectivity index (χ1) is 13.0. The van der Waals surface area contributed by atoms with Crippen molar-refractivity contribution in [1.29, 1.82) is 0 Å². The molecule has 3 rings (SSSR count). The van der Waals surface area contributed by atoms with Crippen LogP contribution in [0.5, 0.6) is 5.75 Å². The molecule has 2 aromatic rings. The number of nitrogens with one attached hydrogen (secondary N) is 1. The number of rotatable bonds is 6. The maximum Gasteiger partial charge on any atom is 0.255 e. The number of pyridine rings is 1. The van der Waals surface area contributed by atoms with E-state index in [4.69, 9.17) is 9.47 Å².